The van der Waals surface area contributed by atoms with Crippen molar-refractivity contribution in [2.75, 3.05) is 11.9 Å². The standard InChI is InChI=1S/C12H12BrNO2/c13-5-1-2-6-16-10-3-4-11-9(7-10)8-12(15)14-11/h3-4,7-8H,1-2,5-6H2. The van der Waals surface area contributed by atoms with Gasteiger partial charge in [0.25, 0.3) is 5.91 Å². The zero-order chi connectivity index (χ0) is 11.4. The number of halogens is 1. The molecular formula is C12H12BrNO2. The van der Waals surface area contributed by atoms with Gasteiger partial charge in [-0.25, -0.2) is 4.99 Å². The Morgan fingerprint density at radius 2 is 2.19 bits per heavy atom. The summed E-state index contributed by atoms with van der Waals surface area (Å²) >= 11 is 3.37. The molecular weight excluding hydrogens is 270 g/mol. The molecule has 0 N–H and O–H groups in total. The largest absolute Gasteiger partial charge is 0.494 e. The minimum atomic E-state index is -0.188. The fraction of sp³-hybridized carbons (Fsp3) is 0.333. The van der Waals surface area contributed by atoms with Crippen LogP contribution >= 0.6 is 15.9 Å². The van der Waals surface area contributed by atoms with E-state index in [4.69, 9.17) is 4.74 Å². The van der Waals surface area contributed by atoms with Gasteiger partial charge < -0.3 is 4.74 Å². The van der Waals surface area contributed by atoms with Crippen LogP contribution in [0.15, 0.2) is 23.2 Å². The molecule has 0 bridgehead atoms. The van der Waals surface area contributed by atoms with Gasteiger partial charge in [-0.15, -0.1) is 0 Å². The summed E-state index contributed by atoms with van der Waals surface area (Å²) in [5, 5.41) is 2.59. The van der Waals surface area contributed by atoms with Crippen LogP contribution in [0.4, 0.5) is 0 Å². The molecule has 16 heavy (non-hydrogen) atoms. The van der Waals surface area contributed by atoms with Crippen LogP contribution in [0.3, 0.4) is 0 Å². The first-order valence-corrected chi connectivity index (χ1v) is 6.35. The molecule has 0 unspecified atom stereocenters. The number of fused-ring (bicyclic) bond motifs is 1. The fourth-order valence-electron chi connectivity index (χ4n) is 1.51. The van der Waals surface area contributed by atoms with Crippen LogP contribution in [0.2, 0.25) is 0 Å². The number of rotatable bonds is 5. The highest BCUT2D eigenvalue weighted by Crippen LogP contribution is 2.06. The minimum Gasteiger partial charge on any atom is -0.494 e. The molecule has 1 aliphatic heterocycles. The number of benzene rings is 1. The molecule has 1 aromatic rings. The summed E-state index contributed by atoms with van der Waals surface area (Å²) in [6.07, 6.45) is 3.65. The van der Waals surface area contributed by atoms with E-state index in [9.17, 15) is 4.79 Å². The van der Waals surface area contributed by atoms with Gasteiger partial charge in [-0.1, -0.05) is 15.9 Å². The van der Waals surface area contributed by atoms with Gasteiger partial charge in [-0.2, -0.15) is 0 Å². The highest BCUT2D eigenvalue weighted by molar-refractivity contribution is 9.09. The summed E-state index contributed by atoms with van der Waals surface area (Å²) in [6.45, 7) is 0.704. The Morgan fingerprint density at radius 1 is 1.31 bits per heavy atom. The third kappa shape index (κ3) is 2.70. The zero-order valence-electron chi connectivity index (χ0n) is 8.78. The van der Waals surface area contributed by atoms with Crippen molar-refractivity contribution >= 4 is 27.9 Å². The van der Waals surface area contributed by atoms with Crippen LogP contribution in [0.1, 0.15) is 12.8 Å². The van der Waals surface area contributed by atoms with E-state index in [1.54, 1.807) is 0 Å². The Balaban J connectivity index is 2.04. The van der Waals surface area contributed by atoms with Crippen molar-refractivity contribution in [2.24, 2.45) is 4.99 Å². The molecule has 0 fully saturated rings. The molecule has 0 saturated carbocycles. The number of ether oxygens (including phenoxy) is 1. The summed E-state index contributed by atoms with van der Waals surface area (Å²) in [5.41, 5.74) is 0. The summed E-state index contributed by atoms with van der Waals surface area (Å²) in [4.78, 5) is 14.9. The second-order valence-corrected chi connectivity index (χ2v) is 4.35. The van der Waals surface area contributed by atoms with Crippen molar-refractivity contribution in [3.8, 4) is 5.75 Å². The van der Waals surface area contributed by atoms with Gasteiger partial charge in [0.2, 0.25) is 0 Å². The average molecular weight is 282 g/mol. The minimum absolute atomic E-state index is 0.188. The van der Waals surface area contributed by atoms with E-state index >= 15 is 0 Å². The zero-order valence-corrected chi connectivity index (χ0v) is 10.4. The lowest BCUT2D eigenvalue weighted by Gasteiger charge is -2.04. The summed E-state index contributed by atoms with van der Waals surface area (Å²) in [6, 6.07) is 5.53. The molecule has 84 valence electrons. The predicted molar refractivity (Wildman–Crippen MR) is 65.2 cm³/mol. The molecule has 0 radical (unpaired) electrons. The molecule has 1 heterocycles. The van der Waals surface area contributed by atoms with Gasteiger partial charge in [0, 0.05) is 16.6 Å². The molecule has 1 aliphatic rings. The molecule has 1 amide bonds. The third-order valence-corrected chi connectivity index (χ3v) is 2.87. The maximum atomic E-state index is 11.0. The fourth-order valence-corrected chi connectivity index (χ4v) is 1.91. The third-order valence-electron chi connectivity index (χ3n) is 2.31. The number of amides is 1. The summed E-state index contributed by atoms with van der Waals surface area (Å²) in [5.74, 6) is 0.612. The molecule has 0 saturated heterocycles. The van der Waals surface area contributed by atoms with Crippen LogP contribution in [0, 0.1) is 0 Å². The number of unbranched alkanes of at least 4 members (excludes halogenated alkanes) is 1. The lowest BCUT2D eigenvalue weighted by Crippen LogP contribution is -2.20. The Hall–Kier alpha value is -1.16. The Bertz CT molecular complexity index is 510. The van der Waals surface area contributed by atoms with E-state index in [0.29, 0.717) is 6.61 Å². The molecule has 0 spiro atoms. The van der Waals surface area contributed by atoms with Crippen molar-refractivity contribution in [3.63, 3.8) is 0 Å². The van der Waals surface area contributed by atoms with Crippen LogP contribution in [-0.2, 0) is 4.79 Å². The maximum absolute atomic E-state index is 11.0. The van der Waals surface area contributed by atoms with Crippen molar-refractivity contribution in [1.29, 1.82) is 0 Å². The van der Waals surface area contributed by atoms with E-state index in [1.807, 2.05) is 18.2 Å². The molecule has 4 heteroatoms. The first-order valence-electron chi connectivity index (χ1n) is 5.23. The van der Waals surface area contributed by atoms with Gasteiger partial charge in [-0.05, 0) is 31.0 Å². The summed E-state index contributed by atoms with van der Waals surface area (Å²) < 4.78 is 5.57. The normalized spacial score (nSPS) is 12.9. The van der Waals surface area contributed by atoms with Gasteiger partial charge in [0.15, 0.2) is 0 Å². The Labute approximate surface area is 102 Å². The highest BCUT2D eigenvalue weighted by atomic mass is 79.9. The van der Waals surface area contributed by atoms with Gasteiger partial charge >= 0.3 is 0 Å². The van der Waals surface area contributed by atoms with E-state index in [2.05, 4.69) is 20.9 Å². The van der Waals surface area contributed by atoms with Crippen LogP contribution in [0.5, 0.6) is 5.75 Å². The lowest BCUT2D eigenvalue weighted by molar-refractivity contribution is -0.112. The van der Waals surface area contributed by atoms with Gasteiger partial charge in [0.1, 0.15) is 5.75 Å². The molecule has 3 nitrogen and oxygen atoms in total. The second kappa shape index (κ2) is 5.25. The molecule has 0 aromatic heterocycles. The smallest absolute Gasteiger partial charge is 0.270 e. The summed E-state index contributed by atoms with van der Waals surface area (Å²) in [7, 11) is 0. The first kappa shape index (κ1) is 11.3. The number of alkyl halides is 1. The van der Waals surface area contributed by atoms with Crippen LogP contribution < -0.4 is 15.3 Å². The maximum Gasteiger partial charge on any atom is 0.270 e. The number of hydrogen-bond acceptors (Lipinski definition) is 2. The lowest BCUT2D eigenvalue weighted by atomic mass is 10.2. The van der Waals surface area contributed by atoms with Crippen molar-refractivity contribution in [3.05, 3.63) is 28.8 Å². The van der Waals surface area contributed by atoms with Crippen molar-refractivity contribution in [1.82, 2.24) is 0 Å². The Morgan fingerprint density at radius 3 is 3.00 bits per heavy atom. The van der Waals surface area contributed by atoms with E-state index in [-0.39, 0.29) is 5.91 Å². The second-order valence-electron chi connectivity index (χ2n) is 3.56. The van der Waals surface area contributed by atoms with Gasteiger partial charge in [0.05, 0.1) is 12.0 Å². The average Bonchev–Trinajstić information content (AvgIpc) is 2.64. The van der Waals surface area contributed by atoms with E-state index in [0.717, 1.165) is 34.5 Å². The molecule has 0 atom stereocenters. The quantitative estimate of drug-likeness (QED) is 0.601. The van der Waals surface area contributed by atoms with E-state index < -0.39 is 0 Å². The monoisotopic (exact) mass is 281 g/mol. The molecule has 0 aliphatic carbocycles. The van der Waals surface area contributed by atoms with Crippen molar-refractivity contribution in [2.45, 2.75) is 12.8 Å². The van der Waals surface area contributed by atoms with E-state index in [1.165, 1.54) is 6.08 Å². The topological polar surface area (TPSA) is 38.7 Å². The van der Waals surface area contributed by atoms with Crippen molar-refractivity contribution < 1.29 is 9.53 Å². The number of carbonyl (C=O) groups excluding carboxylic acids is 1. The molecule has 1 aromatic carbocycles. The number of nitrogens with zero attached hydrogens (tertiary/aromatic N) is 1. The Kier molecular flexibility index (Phi) is 3.72. The van der Waals surface area contributed by atoms with Crippen LogP contribution in [-0.4, -0.2) is 17.8 Å². The number of hydrogen-bond donors (Lipinski definition) is 0. The first-order chi connectivity index (χ1) is 7.79. The number of carbonyl (C=O) groups is 1. The SMILES string of the molecule is O=C1C=c2cc(OCCCCBr)ccc2=N1. The predicted octanol–water partition coefficient (Wildman–Crippen LogP) is 1.18. The highest BCUT2D eigenvalue weighted by Gasteiger charge is 2.03. The van der Waals surface area contributed by atoms with Gasteiger partial charge in [-0.3, -0.25) is 4.79 Å². The van der Waals surface area contributed by atoms with Crippen LogP contribution in [0.25, 0.3) is 6.08 Å². The molecule has 2 rings (SSSR count).